The average molecular weight is 232 g/mol. The summed E-state index contributed by atoms with van der Waals surface area (Å²) in [7, 11) is 0. The molecule has 0 saturated carbocycles. The highest BCUT2D eigenvalue weighted by atomic mass is 15.2. The fourth-order valence-electron chi connectivity index (χ4n) is 2.65. The standard InChI is InChI=1S/C16H12N2/c1-2-8-13(7-1)18-11-17-14-9-3-5-12-6-4-10-15(18)16(12)14/h1-11,13H. The quantitative estimate of drug-likeness (QED) is 0.730. The van der Waals surface area contributed by atoms with Crippen LogP contribution in [0.2, 0.25) is 0 Å². The van der Waals surface area contributed by atoms with Crippen LogP contribution in [0.4, 0.5) is 11.4 Å². The van der Waals surface area contributed by atoms with Gasteiger partial charge in [-0.15, -0.1) is 0 Å². The molecule has 2 aliphatic rings. The van der Waals surface area contributed by atoms with Crippen molar-refractivity contribution in [3.63, 3.8) is 0 Å². The lowest BCUT2D eigenvalue weighted by atomic mass is 10.0. The Morgan fingerprint density at radius 2 is 1.72 bits per heavy atom. The molecular weight excluding hydrogens is 220 g/mol. The normalized spacial score (nSPS) is 17.0. The molecule has 0 bridgehead atoms. The number of benzene rings is 2. The molecule has 0 saturated heterocycles. The van der Waals surface area contributed by atoms with Crippen LogP contribution in [0.15, 0.2) is 65.7 Å². The maximum atomic E-state index is 4.57. The van der Waals surface area contributed by atoms with E-state index in [0.717, 1.165) is 5.69 Å². The number of anilines is 1. The predicted molar refractivity (Wildman–Crippen MR) is 76.6 cm³/mol. The molecule has 18 heavy (non-hydrogen) atoms. The zero-order valence-corrected chi connectivity index (χ0v) is 9.82. The van der Waals surface area contributed by atoms with Crippen molar-refractivity contribution in [3.05, 3.63) is 60.7 Å². The van der Waals surface area contributed by atoms with Gasteiger partial charge in [-0.1, -0.05) is 48.6 Å². The fraction of sp³-hybridized carbons (Fsp3) is 0.0625. The van der Waals surface area contributed by atoms with Gasteiger partial charge in [-0.25, -0.2) is 4.99 Å². The van der Waals surface area contributed by atoms with Crippen molar-refractivity contribution in [3.8, 4) is 0 Å². The van der Waals surface area contributed by atoms with Crippen LogP contribution in [0, 0.1) is 0 Å². The second-order valence-corrected chi connectivity index (χ2v) is 4.56. The molecule has 2 aromatic carbocycles. The predicted octanol–water partition coefficient (Wildman–Crippen LogP) is 3.81. The van der Waals surface area contributed by atoms with Gasteiger partial charge >= 0.3 is 0 Å². The first-order valence-corrected chi connectivity index (χ1v) is 6.13. The second kappa shape index (κ2) is 3.57. The van der Waals surface area contributed by atoms with Gasteiger partial charge in [-0.3, -0.25) is 0 Å². The Bertz CT molecular complexity index is 693. The van der Waals surface area contributed by atoms with Crippen LogP contribution >= 0.6 is 0 Å². The van der Waals surface area contributed by atoms with E-state index >= 15 is 0 Å². The summed E-state index contributed by atoms with van der Waals surface area (Å²) in [5.74, 6) is 0. The van der Waals surface area contributed by atoms with Gasteiger partial charge in [-0.2, -0.15) is 0 Å². The third kappa shape index (κ3) is 1.26. The van der Waals surface area contributed by atoms with Gasteiger partial charge in [0.2, 0.25) is 0 Å². The number of allylic oxidation sites excluding steroid dienone is 2. The Morgan fingerprint density at radius 1 is 0.944 bits per heavy atom. The number of hydrogen-bond donors (Lipinski definition) is 0. The van der Waals surface area contributed by atoms with Crippen molar-refractivity contribution in [1.29, 1.82) is 0 Å². The number of nitrogens with zero attached hydrogens (tertiary/aromatic N) is 2. The summed E-state index contributed by atoms with van der Waals surface area (Å²) < 4.78 is 0. The van der Waals surface area contributed by atoms with E-state index in [1.54, 1.807) is 0 Å². The third-order valence-electron chi connectivity index (χ3n) is 3.51. The smallest absolute Gasteiger partial charge is 0.0965 e. The molecule has 0 unspecified atom stereocenters. The molecule has 0 radical (unpaired) electrons. The molecule has 0 aromatic heterocycles. The lowest BCUT2D eigenvalue weighted by Crippen LogP contribution is -2.31. The van der Waals surface area contributed by atoms with Crippen LogP contribution in [0.25, 0.3) is 10.8 Å². The molecule has 2 aromatic rings. The molecule has 1 heterocycles. The summed E-state index contributed by atoms with van der Waals surface area (Å²) in [4.78, 5) is 6.79. The molecule has 0 N–H and O–H groups in total. The highest BCUT2D eigenvalue weighted by Gasteiger charge is 2.20. The lowest BCUT2D eigenvalue weighted by molar-refractivity contribution is 0.999. The third-order valence-corrected chi connectivity index (χ3v) is 3.51. The molecule has 86 valence electrons. The maximum Gasteiger partial charge on any atom is 0.0965 e. The minimum absolute atomic E-state index is 0.285. The van der Waals surface area contributed by atoms with E-state index in [2.05, 4.69) is 70.6 Å². The molecule has 4 rings (SSSR count). The Kier molecular flexibility index (Phi) is 1.92. The monoisotopic (exact) mass is 232 g/mol. The van der Waals surface area contributed by atoms with Gasteiger partial charge in [0, 0.05) is 5.39 Å². The first-order chi connectivity index (χ1) is 8.93. The van der Waals surface area contributed by atoms with Crippen molar-refractivity contribution in [1.82, 2.24) is 0 Å². The number of rotatable bonds is 1. The number of aliphatic imine (C=N–C) groups is 1. The van der Waals surface area contributed by atoms with E-state index in [1.807, 2.05) is 6.34 Å². The minimum atomic E-state index is 0.285. The highest BCUT2D eigenvalue weighted by Crippen LogP contribution is 2.38. The van der Waals surface area contributed by atoms with E-state index in [1.165, 1.54) is 16.5 Å². The molecular formula is C16H12N2. The van der Waals surface area contributed by atoms with E-state index in [4.69, 9.17) is 0 Å². The fourth-order valence-corrected chi connectivity index (χ4v) is 2.65. The largest absolute Gasteiger partial charge is 0.321 e. The SMILES string of the molecule is C1=CC(N2C=Nc3cccc4cccc2c34)C=C1. The van der Waals surface area contributed by atoms with Crippen LogP contribution in [0.3, 0.4) is 0 Å². The second-order valence-electron chi connectivity index (χ2n) is 4.56. The molecule has 0 fully saturated rings. The van der Waals surface area contributed by atoms with Crippen LogP contribution < -0.4 is 4.90 Å². The van der Waals surface area contributed by atoms with Crippen LogP contribution in [0.1, 0.15) is 0 Å². The van der Waals surface area contributed by atoms with Gasteiger partial charge in [-0.05, 0) is 17.5 Å². The Balaban J connectivity index is 1.98. The van der Waals surface area contributed by atoms with E-state index < -0.39 is 0 Å². The van der Waals surface area contributed by atoms with Gasteiger partial charge in [0.1, 0.15) is 0 Å². The van der Waals surface area contributed by atoms with Gasteiger partial charge in [0.25, 0.3) is 0 Å². The van der Waals surface area contributed by atoms with Crippen LogP contribution in [0.5, 0.6) is 0 Å². The molecule has 0 atom stereocenters. The first-order valence-electron chi connectivity index (χ1n) is 6.13. The first kappa shape index (κ1) is 9.66. The molecule has 0 spiro atoms. The summed E-state index contributed by atoms with van der Waals surface area (Å²) in [5.41, 5.74) is 2.30. The Labute approximate surface area is 106 Å². The van der Waals surface area contributed by atoms with Crippen molar-refractivity contribution < 1.29 is 0 Å². The molecule has 1 aliphatic carbocycles. The summed E-state index contributed by atoms with van der Waals surface area (Å²) in [6.07, 6.45) is 10.5. The molecule has 2 heteroatoms. The zero-order chi connectivity index (χ0) is 11.9. The number of hydrogen-bond acceptors (Lipinski definition) is 2. The Morgan fingerprint density at radius 3 is 2.56 bits per heavy atom. The van der Waals surface area contributed by atoms with Crippen molar-refractivity contribution in [2.75, 3.05) is 4.90 Å². The Hall–Kier alpha value is -2.35. The minimum Gasteiger partial charge on any atom is -0.321 e. The van der Waals surface area contributed by atoms with Gasteiger partial charge < -0.3 is 4.90 Å². The molecule has 1 aliphatic heterocycles. The highest BCUT2D eigenvalue weighted by molar-refractivity contribution is 6.09. The topological polar surface area (TPSA) is 15.6 Å². The summed E-state index contributed by atoms with van der Waals surface area (Å²) in [6.45, 7) is 0. The maximum absolute atomic E-state index is 4.57. The summed E-state index contributed by atoms with van der Waals surface area (Å²) in [5, 5.41) is 2.49. The van der Waals surface area contributed by atoms with Gasteiger partial charge in [0.05, 0.1) is 23.8 Å². The average Bonchev–Trinajstić information content (AvgIpc) is 2.94. The summed E-state index contributed by atoms with van der Waals surface area (Å²) >= 11 is 0. The van der Waals surface area contributed by atoms with Gasteiger partial charge in [0.15, 0.2) is 0 Å². The van der Waals surface area contributed by atoms with E-state index in [9.17, 15) is 0 Å². The van der Waals surface area contributed by atoms with E-state index in [0.29, 0.717) is 0 Å². The molecule has 0 amide bonds. The lowest BCUT2D eigenvalue weighted by Gasteiger charge is -2.28. The van der Waals surface area contributed by atoms with Crippen molar-refractivity contribution in [2.45, 2.75) is 6.04 Å². The van der Waals surface area contributed by atoms with Crippen molar-refractivity contribution >= 4 is 28.5 Å². The molecule has 2 nitrogen and oxygen atoms in total. The van der Waals surface area contributed by atoms with Crippen LogP contribution in [-0.2, 0) is 0 Å². The van der Waals surface area contributed by atoms with Crippen molar-refractivity contribution in [2.24, 2.45) is 4.99 Å². The van der Waals surface area contributed by atoms with E-state index in [-0.39, 0.29) is 6.04 Å². The van der Waals surface area contributed by atoms with Crippen LogP contribution in [-0.4, -0.2) is 12.4 Å². The zero-order valence-electron chi connectivity index (χ0n) is 9.82. The summed E-state index contributed by atoms with van der Waals surface area (Å²) in [6, 6.07) is 13.0.